The van der Waals surface area contributed by atoms with E-state index in [1.54, 1.807) is 13.8 Å². The van der Waals surface area contributed by atoms with Gasteiger partial charge in [-0.2, -0.15) is 0 Å². The van der Waals surface area contributed by atoms with Crippen LogP contribution in [-0.2, 0) is 4.79 Å². The lowest BCUT2D eigenvalue weighted by Gasteiger charge is -2.10. The molecule has 0 spiro atoms. The van der Waals surface area contributed by atoms with Crippen molar-refractivity contribution in [3.8, 4) is 0 Å². The fraction of sp³-hybridized carbons (Fsp3) is 0.385. The van der Waals surface area contributed by atoms with E-state index in [1.807, 2.05) is 6.92 Å². The van der Waals surface area contributed by atoms with Crippen molar-refractivity contribution in [2.75, 3.05) is 6.54 Å². The number of aromatic carboxylic acids is 1. The molecule has 8 heteroatoms. The molecule has 2 rings (SSSR count). The zero-order chi connectivity index (χ0) is 15.6. The van der Waals surface area contributed by atoms with Gasteiger partial charge >= 0.3 is 5.97 Å². The van der Waals surface area contributed by atoms with Crippen molar-refractivity contribution in [2.45, 2.75) is 31.0 Å². The van der Waals surface area contributed by atoms with Crippen LogP contribution in [0, 0.1) is 6.92 Å². The summed E-state index contributed by atoms with van der Waals surface area (Å²) in [4.78, 5) is 32.2. The first-order valence-electron chi connectivity index (χ1n) is 6.37. The molecule has 0 aromatic carbocycles. The molecule has 2 heterocycles. The molecule has 2 N–H and O–H groups in total. The highest BCUT2D eigenvalue weighted by atomic mass is 32.2. The summed E-state index contributed by atoms with van der Waals surface area (Å²) < 4.78 is 0. The number of nitrogens with zero attached hydrogens (tertiary/aromatic N) is 2. The average Bonchev–Trinajstić information content (AvgIpc) is 2.77. The number of carbonyl (C=O) groups is 2. The number of nitrogens with one attached hydrogen (secondary N) is 1. The summed E-state index contributed by atoms with van der Waals surface area (Å²) in [7, 11) is 0. The maximum absolute atomic E-state index is 11.8. The fourth-order valence-corrected chi connectivity index (χ4v) is 3.92. The van der Waals surface area contributed by atoms with Gasteiger partial charge in [0.15, 0.2) is 0 Å². The van der Waals surface area contributed by atoms with E-state index < -0.39 is 5.97 Å². The number of carbonyl (C=O) groups excluding carboxylic acids is 1. The summed E-state index contributed by atoms with van der Waals surface area (Å²) in [5.74, 6) is -1.04. The summed E-state index contributed by atoms with van der Waals surface area (Å²) in [6, 6.07) is 0. The predicted octanol–water partition coefficient (Wildman–Crippen LogP) is 2.31. The van der Waals surface area contributed by atoms with Crippen LogP contribution < -0.4 is 5.32 Å². The molecule has 0 radical (unpaired) electrons. The Labute approximate surface area is 130 Å². The normalized spacial score (nSPS) is 12.3. The van der Waals surface area contributed by atoms with Crippen molar-refractivity contribution >= 4 is 45.2 Å². The molecule has 1 amide bonds. The van der Waals surface area contributed by atoms with Crippen LogP contribution in [0.25, 0.3) is 10.2 Å². The van der Waals surface area contributed by atoms with Crippen LogP contribution in [-0.4, -0.2) is 38.7 Å². The van der Waals surface area contributed by atoms with Crippen molar-refractivity contribution in [1.82, 2.24) is 15.3 Å². The second-order valence-corrected chi connectivity index (χ2v) is 6.70. The molecule has 0 aliphatic heterocycles. The first-order valence-corrected chi connectivity index (χ1v) is 8.07. The van der Waals surface area contributed by atoms with Crippen molar-refractivity contribution in [1.29, 1.82) is 0 Å². The van der Waals surface area contributed by atoms with Gasteiger partial charge in [0.2, 0.25) is 5.91 Å². The topological polar surface area (TPSA) is 92.2 Å². The van der Waals surface area contributed by atoms with Crippen molar-refractivity contribution in [2.24, 2.45) is 0 Å². The molecular formula is C13H15N3O3S2. The van der Waals surface area contributed by atoms with Crippen LogP contribution in [0.5, 0.6) is 0 Å². The standard InChI is InChI=1S/C13H15N3O3S2/c1-4-14-10(17)7(3)20-11-8-6(2)9(13(18)19)21-12(8)16-5-15-11/h5,7H,4H2,1-3H3,(H,14,17)(H,18,19). The molecule has 6 nitrogen and oxygen atoms in total. The Morgan fingerprint density at radius 3 is 2.81 bits per heavy atom. The molecule has 2 aromatic heterocycles. The predicted molar refractivity (Wildman–Crippen MR) is 83.1 cm³/mol. The van der Waals surface area contributed by atoms with Crippen LogP contribution in [0.3, 0.4) is 0 Å². The van der Waals surface area contributed by atoms with E-state index in [9.17, 15) is 14.7 Å². The maximum atomic E-state index is 11.8. The van der Waals surface area contributed by atoms with E-state index in [-0.39, 0.29) is 16.0 Å². The lowest BCUT2D eigenvalue weighted by molar-refractivity contribution is -0.120. The van der Waals surface area contributed by atoms with Gasteiger partial charge in [-0.15, -0.1) is 11.3 Å². The highest BCUT2D eigenvalue weighted by Gasteiger charge is 2.21. The highest BCUT2D eigenvalue weighted by molar-refractivity contribution is 8.00. The van der Waals surface area contributed by atoms with E-state index in [1.165, 1.54) is 18.1 Å². The van der Waals surface area contributed by atoms with Gasteiger partial charge in [0.1, 0.15) is 21.1 Å². The SMILES string of the molecule is CCNC(=O)C(C)Sc1ncnc2sc(C(=O)O)c(C)c12. The number of rotatable bonds is 5. The summed E-state index contributed by atoms with van der Waals surface area (Å²) in [5, 5.41) is 13.0. The Balaban J connectivity index is 2.40. The minimum atomic E-state index is -0.969. The molecule has 1 unspecified atom stereocenters. The minimum Gasteiger partial charge on any atom is -0.477 e. The number of hydrogen-bond acceptors (Lipinski definition) is 6. The van der Waals surface area contributed by atoms with E-state index in [0.29, 0.717) is 22.0 Å². The van der Waals surface area contributed by atoms with Crippen LogP contribution >= 0.6 is 23.1 Å². The summed E-state index contributed by atoms with van der Waals surface area (Å²) in [5.41, 5.74) is 0.647. The number of hydrogen-bond donors (Lipinski definition) is 2. The van der Waals surface area contributed by atoms with Gasteiger partial charge < -0.3 is 10.4 Å². The number of aryl methyl sites for hydroxylation is 1. The minimum absolute atomic E-state index is 0.0689. The zero-order valence-corrected chi connectivity index (χ0v) is 13.5. The van der Waals surface area contributed by atoms with Crippen LogP contribution in [0.2, 0.25) is 0 Å². The van der Waals surface area contributed by atoms with Gasteiger partial charge in [0.05, 0.1) is 5.25 Å². The van der Waals surface area contributed by atoms with Gasteiger partial charge in [-0.05, 0) is 26.3 Å². The van der Waals surface area contributed by atoms with Crippen molar-refractivity contribution < 1.29 is 14.7 Å². The maximum Gasteiger partial charge on any atom is 0.346 e. The van der Waals surface area contributed by atoms with Gasteiger partial charge in [-0.1, -0.05) is 11.8 Å². The van der Waals surface area contributed by atoms with E-state index in [0.717, 1.165) is 16.7 Å². The van der Waals surface area contributed by atoms with Gasteiger partial charge in [0.25, 0.3) is 0 Å². The van der Waals surface area contributed by atoms with E-state index >= 15 is 0 Å². The third-order valence-electron chi connectivity index (χ3n) is 2.89. The Hall–Kier alpha value is -1.67. The quantitative estimate of drug-likeness (QED) is 0.647. The first-order chi connectivity index (χ1) is 9.95. The molecule has 0 aliphatic rings. The Kier molecular flexibility index (Phi) is 4.79. The molecule has 112 valence electrons. The molecule has 0 aliphatic carbocycles. The number of fused-ring (bicyclic) bond motifs is 1. The zero-order valence-electron chi connectivity index (χ0n) is 11.8. The molecule has 1 atom stereocenters. The molecule has 2 aromatic rings. The Morgan fingerprint density at radius 2 is 2.19 bits per heavy atom. The monoisotopic (exact) mass is 325 g/mol. The van der Waals surface area contributed by atoms with Crippen molar-refractivity contribution in [3.63, 3.8) is 0 Å². The van der Waals surface area contributed by atoms with Crippen LogP contribution in [0.1, 0.15) is 29.1 Å². The molecule has 21 heavy (non-hydrogen) atoms. The summed E-state index contributed by atoms with van der Waals surface area (Å²) in [6.07, 6.45) is 1.40. The van der Waals surface area contributed by atoms with Gasteiger partial charge in [-0.3, -0.25) is 4.79 Å². The lowest BCUT2D eigenvalue weighted by atomic mass is 10.2. The van der Waals surface area contributed by atoms with E-state index in [2.05, 4.69) is 15.3 Å². The summed E-state index contributed by atoms with van der Waals surface area (Å²) >= 11 is 2.44. The fourth-order valence-electron chi connectivity index (χ4n) is 1.87. The second kappa shape index (κ2) is 6.40. The Morgan fingerprint density at radius 1 is 1.48 bits per heavy atom. The first kappa shape index (κ1) is 15.7. The summed E-state index contributed by atoms with van der Waals surface area (Å²) in [6.45, 7) is 5.97. The molecule has 0 saturated heterocycles. The lowest BCUT2D eigenvalue weighted by Crippen LogP contribution is -2.30. The highest BCUT2D eigenvalue weighted by Crippen LogP contribution is 2.36. The number of carboxylic acid groups (broad SMARTS) is 1. The smallest absolute Gasteiger partial charge is 0.346 e. The van der Waals surface area contributed by atoms with E-state index in [4.69, 9.17) is 0 Å². The second-order valence-electron chi connectivity index (χ2n) is 4.37. The van der Waals surface area contributed by atoms with Gasteiger partial charge in [-0.25, -0.2) is 14.8 Å². The number of aromatic nitrogens is 2. The molecule has 0 fully saturated rings. The van der Waals surface area contributed by atoms with Crippen LogP contribution in [0.15, 0.2) is 11.4 Å². The number of amides is 1. The molecular weight excluding hydrogens is 310 g/mol. The Bertz CT molecular complexity index is 699. The molecule has 0 saturated carbocycles. The number of thioether (sulfide) groups is 1. The molecule has 0 bridgehead atoms. The number of thiophene rings is 1. The van der Waals surface area contributed by atoms with Crippen molar-refractivity contribution in [3.05, 3.63) is 16.8 Å². The number of carboxylic acids is 1. The third kappa shape index (κ3) is 3.16. The largest absolute Gasteiger partial charge is 0.477 e. The third-order valence-corrected chi connectivity index (χ3v) is 5.18. The van der Waals surface area contributed by atoms with Gasteiger partial charge in [0, 0.05) is 11.9 Å². The van der Waals surface area contributed by atoms with Crippen LogP contribution in [0.4, 0.5) is 0 Å². The average molecular weight is 325 g/mol.